The van der Waals surface area contributed by atoms with Gasteiger partial charge in [0.15, 0.2) is 0 Å². The second-order valence-corrected chi connectivity index (χ2v) is 9.19. The van der Waals surface area contributed by atoms with Crippen LogP contribution >= 0.6 is 0 Å². The van der Waals surface area contributed by atoms with Gasteiger partial charge in [0.25, 0.3) is 0 Å². The van der Waals surface area contributed by atoms with Crippen molar-refractivity contribution in [3.05, 3.63) is 54.1 Å². The van der Waals surface area contributed by atoms with Crippen molar-refractivity contribution in [3.63, 3.8) is 0 Å². The maximum Gasteiger partial charge on any atom is 0.321 e. The summed E-state index contributed by atoms with van der Waals surface area (Å²) in [7, 11) is 3.23. The topological polar surface area (TPSA) is 89.1 Å². The maximum absolute atomic E-state index is 13.5. The number of urea groups is 1. The van der Waals surface area contributed by atoms with Crippen molar-refractivity contribution in [3.8, 4) is 11.5 Å². The Hall–Kier alpha value is -3.26. The molecule has 0 spiro atoms. The van der Waals surface area contributed by atoms with Crippen LogP contribution in [0.25, 0.3) is 0 Å². The van der Waals surface area contributed by atoms with E-state index >= 15 is 0 Å². The second-order valence-electron chi connectivity index (χ2n) is 9.19. The monoisotopic (exact) mass is 481 g/mol. The van der Waals surface area contributed by atoms with Gasteiger partial charge in [-0.2, -0.15) is 0 Å². The Bertz CT molecular complexity index is 996. The summed E-state index contributed by atoms with van der Waals surface area (Å²) >= 11 is 0. The van der Waals surface area contributed by atoms with Crippen molar-refractivity contribution in [2.75, 3.05) is 52.4 Å². The highest BCUT2D eigenvalue weighted by molar-refractivity contribution is 5.91. The minimum atomic E-state index is -0.583. The summed E-state index contributed by atoms with van der Waals surface area (Å²) in [6.45, 7) is 3.05. The van der Waals surface area contributed by atoms with Crippen molar-refractivity contribution in [2.24, 2.45) is 5.92 Å². The smallest absolute Gasteiger partial charge is 0.321 e. The number of nitrogens with one attached hydrogen (secondary N) is 2. The maximum atomic E-state index is 13.5. The molecule has 0 saturated carbocycles. The fourth-order valence-corrected chi connectivity index (χ4v) is 4.97. The van der Waals surface area contributed by atoms with E-state index in [9.17, 15) is 9.59 Å². The summed E-state index contributed by atoms with van der Waals surface area (Å²) in [6.07, 6.45) is 3.01. The molecule has 2 fully saturated rings. The zero-order valence-electron chi connectivity index (χ0n) is 20.5. The Morgan fingerprint density at radius 1 is 1.00 bits per heavy atom. The molecule has 2 aromatic rings. The van der Waals surface area contributed by atoms with Crippen molar-refractivity contribution in [1.82, 2.24) is 10.2 Å². The first-order valence-corrected chi connectivity index (χ1v) is 12.3. The van der Waals surface area contributed by atoms with Gasteiger partial charge >= 0.3 is 6.03 Å². The first-order chi connectivity index (χ1) is 17.1. The number of likely N-dealkylation sites (tertiary alicyclic amines) is 1. The van der Waals surface area contributed by atoms with Crippen LogP contribution in [0.1, 0.15) is 31.2 Å². The highest BCUT2D eigenvalue weighted by Gasteiger charge is 2.41. The Kier molecular flexibility index (Phi) is 8.13. The lowest BCUT2D eigenvalue weighted by Gasteiger charge is -2.37. The van der Waals surface area contributed by atoms with E-state index in [4.69, 9.17) is 14.2 Å². The zero-order valence-corrected chi connectivity index (χ0v) is 20.5. The third-order valence-corrected chi connectivity index (χ3v) is 7.23. The Morgan fingerprint density at radius 2 is 1.69 bits per heavy atom. The number of piperidine rings is 1. The molecule has 188 valence electrons. The molecule has 2 aliphatic heterocycles. The number of methoxy groups -OCH3 is 2. The average molecular weight is 482 g/mol. The molecular weight excluding hydrogens is 446 g/mol. The molecule has 2 N–H and O–H groups in total. The third-order valence-electron chi connectivity index (χ3n) is 7.23. The Balaban J connectivity index is 1.31. The fraction of sp³-hybridized carbons (Fsp3) is 0.481. The molecule has 0 radical (unpaired) electrons. The van der Waals surface area contributed by atoms with E-state index in [1.807, 2.05) is 53.4 Å². The number of hydrogen-bond donors (Lipinski definition) is 2. The van der Waals surface area contributed by atoms with Gasteiger partial charge in [0, 0.05) is 32.8 Å². The van der Waals surface area contributed by atoms with Crippen LogP contribution in [0, 0.1) is 5.92 Å². The quantitative estimate of drug-likeness (QED) is 0.628. The van der Waals surface area contributed by atoms with Crippen LogP contribution in [-0.4, -0.2) is 63.9 Å². The van der Waals surface area contributed by atoms with Crippen LogP contribution < -0.4 is 20.1 Å². The molecule has 0 aromatic heterocycles. The number of para-hydroxylation sites is 2. The lowest BCUT2D eigenvalue weighted by atomic mass is 9.73. The molecule has 2 heterocycles. The molecule has 0 unspecified atom stereocenters. The van der Waals surface area contributed by atoms with Crippen LogP contribution in [0.3, 0.4) is 0 Å². The van der Waals surface area contributed by atoms with Gasteiger partial charge < -0.3 is 29.7 Å². The van der Waals surface area contributed by atoms with E-state index in [2.05, 4.69) is 10.6 Å². The van der Waals surface area contributed by atoms with Gasteiger partial charge in [-0.05, 0) is 61.4 Å². The van der Waals surface area contributed by atoms with Crippen LogP contribution in [0.5, 0.6) is 11.5 Å². The van der Waals surface area contributed by atoms with Gasteiger partial charge in [-0.15, -0.1) is 0 Å². The van der Waals surface area contributed by atoms with Crippen molar-refractivity contribution in [1.29, 1.82) is 0 Å². The number of nitrogens with zero attached hydrogens (tertiary/aromatic N) is 1. The first-order valence-electron chi connectivity index (χ1n) is 12.3. The molecule has 8 nitrogen and oxygen atoms in total. The normalized spacial score (nSPS) is 17.9. The summed E-state index contributed by atoms with van der Waals surface area (Å²) < 4.78 is 16.2. The SMILES string of the molecule is COc1ccc(C2(C(=O)NCC3CCN(C(=O)Nc4ccccc4OC)CC3)CCOCC2)cc1. The molecule has 4 rings (SSSR count). The molecule has 35 heavy (non-hydrogen) atoms. The fourth-order valence-electron chi connectivity index (χ4n) is 4.97. The second kappa shape index (κ2) is 11.4. The molecule has 8 heteroatoms. The lowest BCUT2D eigenvalue weighted by Crippen LogP contribution is -2.50. The number of carbonyl (C=O) groups excluding carboxylic acids is 2. The largest absolute Gasteiger partial charge is 0.497 e. The van der Waals surface area contributed by atoms with Crippen molar-refractivity contribution in [2.45, 2.75) is 31.1 Å². The highest BCUT2D eigenvalue weighted by Crippen LogP contribution is 2.36. The molecule has 2 aliphatic rings. The van der Waals surface area contributed by atoms with Crippen molar-refractivity contribution >= 4 is 17.6 Å². The molecular formula is C27H35N3O5. The van der Waals surface area contributed by atoms with E-state index in [0.29, 0.717) is 63.0 Å². The van der Waals surface area contributed by atoms with Crippen LogP contribution in [0.2, 0.25) is 0 Å². The highest BCUT2D eigenvalue weighted by atomic mass is 16.5. The number of benzene rings is 2. The number of carbonyl (C=O) groups is 2. The van der Waals surface area contributed by atoms with E-state index in [0.717, 1.165) is 24.2 Å². The Labute approximate surface area is 206 Å². The number of amides is 3. The van der Waals surface area contributed by atoms with Crippen molar-refractivity contribution < 1.29 is 23.8 Å². The number of ether oxygens (including phenoxy) is 3. The minimum absolute atomic E-state index is 0.0577. The predicted molar refractivity (Wildman–Crippen MR) is 134 cm³/mol. The van der Waals surface area contributed by atoms with Gasteiger partial charge in [-0.25, -0.2) is 4.79 Å². The van der Waals surface area contributed by atoms with E-state index < -0.39 is 5.41 Å². The predicted octanol–water partition coefficient (Wildman–Crippen LogP) is 3.81. The van der Waals surface area contributed by atoms with Gasteiger partial charge in [0.2, 0.25) is 5.91 Å². The van der Waals surface area contributed by atoms with Gasteiger partial charge in [-0.1, -0.05) is 24.3 Å². The first kappa shape index (κ1) is 24.9. The van der Waals surface area contributed by atoms with E-state index in [1.54, 1.807) is 14.2 Å². The summed E-state index contributed by atoms with van der Waals surface area (Å²) in [4.78, 5) is 28.0. The summed E-state index contributed by atoms with van der Waals surface area (Å²) in [5, 5.41) is 6.17. The van der Waals surface area contributed by atoms with Crippen LogP contribution in [-0.2, 0) is 14.9 Å². The Morgan fingerprint density at radius 3 is 2.34 bits per heavy atom. The van der Waals surface area contributed by atoms with Gasteiger partial charge in [0.05, 0.1) is 25.3 Å². The zero-order chi connectivity index (χ0) is 24.7. The summed E-state index contributed by atoms with van der Waals surface area (Å²) in [5.41, 5.74) is 1.08. The van der Waals surface area contributed by atoms with Gasteiger partial charge in [0.1, 0.15) is 11.5 Å². The third kappa shape index (κ3) is 5.70. The summed E-state index contributed by atoms with van der Waals surface area (Å²) in [6, 6.07) is 15.0. The average Bonchev–Trinajstić information content (AvgIpc) is 2.92. The molecule has 2 aromatic carbocycles. The molecule has 2 saturated heterocycles. The lowest BCUT2D eigenvalue weighted by molar-refractivity contribution is -0.130. The van der Waals surface area contributed by atoms with E-state index in [-0.39, 0.29) is 11.9 Å². The molecule has 3 amide bonds. The number of hydrogen-bond acceptors (Lipinski definition) is 5. The number of rotatable bonds is 7. The minimum Gasteiger partial charge on any atom is -0.497 e. The summed E-state index contributed by atoms with van der Waals surface area (Å²) in [5.74, 6) is 1.81. The molecule has 0 atom stereocenters. The van der Waals surface area contributed by atoms with Crippen LogP contribution in [0.15, 0.2) is 48.5 Å². The molecule has 0 aliphatic carbocycles. The van der Waals surface area contributed by atoms with Gasteiger partial charge in [-0.3, -0.25) is 4.79 Å². The van der Waals surface area contributed by atoms with Crippen LogP contribution in [0.4, 0.5) is 10.5 Å². The van der Waals surface area contributed by atoms with E-state index in [1.165, 1.54) is 0 Å². The number of anilines is 1. The standard InChI is InChI=1S/C27H35N3O5/c1-33-22-9-7-21(8-10-22)27(13-17-35-18-14-27)25(31)28-19-20-11-15-30(16-12-20)26(32)29-23-5-3-4-6-24(23)34-2/h3-10,20H,11-19H2,1-2H3,(H,28,31)(H,29,32). The molecule has 0 bridgehead atoms.